The second-order valence-corrected chi connectivity index (χ2v) is 4.58. The van der Waals surface area contributed by atoms with Gasteiger partial charge in [-0.15, -0.1) is 0 Å². The molecule has 0 rings (SSSR count). The zero-order valence-electron chi connectivity index (χ0n) is 10.9. The summed E-state index contributed by atoms with van der Waals surface area (Å²) in [5, 5.41) is 11.5. The van der Waals surface area contributed by atoms with E-state index in [1.807, 2.05) is 0 Å². The van der Waals surface area contributed by atoms with Crippen molar-refractivity contribution in [1.82, 2.24) is 4.90 Å². The maximum absolute atomic E-state index is 8.54. The summed E-state index contributed by atoms with van der Waals surface area (Å²) in [4.78, 5) is 2.16. The number of nitrogens with two attached hydrogens (primary N) is 1. The van der Waals surface area contributed by atoms with Crippen molar-refractivity contribution in [1.29, 1.82) is 0 Å². The van der Waals surface area contributed by atoms with Crippen LogP contribution in [0.25, 0.3) is 0 Å². The third-order valence-corrected chi connectivity index (χ3v) is 2.64. The van der Waals surface area contributed by atoms with Crippen LogP contribution >= 0.6 is 0 Å². The van der Waals surface area contributed by atoms with Crippen molar-refractivity contribution < 1.29 is 9.94 Å². The first-order valence-electron chi connectivity index (χ1n) is 5.69. The molecule has 0 atom stereocenters. The lowest BCUT2D eigenvalue weighted by molar-refractivity contribution is 0.00841. The monoisotopic (exact) mass is 231 g/mol. The van der Waals surface area contributed by atoms with E-state index >= 15 is 0 Å². The van der Waals surface area contributed by atoms with Crippen molar-refractivity contribution in [2.45, 2.75) is 39.2 Å². The van der Waals surface area contributed by atoms with Gasteiger partial charge in [0.05, 0.1) is 12.1 Å². The summed E-state index contributed by atoms with van der Waals surface area (Å²) >= 11 is 0. The Labute approximate surface area is 98.2 Å². The third kappa shape index (κ3) is 6.63. The van der Waals surface area contributed by atoms with Crippen LogP contribution in [-0.2, 0) is 4.74 Å². The van der Waals surface area contributed by atoms with Crippen LogP contribution in [0.3, 0.4) is 0 Å². The summed E-state index contributed by atoms with van der Waals surface area (Å²) in [7, 11) is 1.72. The molecular weight excluding hydrogens is 206 g/mol. The normalized spacial score (nSPS) is 13.4. The Morgan fingerprint density at radius 3 is 2.50 bits per heavy atom. The average molecular weight is 231 g/mol. The first-order valence-corrected chi connectivity index (χ1v) is 5.69. The minimum atomic E-state index is -0.128. The SMILES string of the molecule is CCCN(CCC(C)(C)OC)CC(N)=NO. The van der Waals surface area contributed by atoms with Crippen molar-refractivity contribution in [2.24, 2.45) is 10.9 Å². The standard InChI is InChI=1S/C11H25N3O2/c1-5-7-14(9-10(12)13-15)8-6-11(2,3)16-4/h15H,5-9H2,1-4H3,(H2,12,13). The Balaban J connectivity index is 4.13. The predicted octanol–water partition coefficient (Wildman–Crippen LogP) is 1.26. The minimum absolute atomic E-state index is 0.128. The summed E-state index contributed by atoms with van der Waals surface area (Å²) in [5.74, 6) is 0.253. The van der Waals surface area contributed by atoms with Crippen molar-refractivity contribution in [3.05, 3.63) is 0 Å². The molecule has 0 aromatic carbocycles. The van der Waals surface area contributed by atoms with Gasteiger partial charge in [-0.05, 0) is 33.2 Å². The molecule has 0 saturated heterocycles. The molecule has 0 unspecified atom stereocenters. The van der Waals surface area contributed by atoms with Gasteiger partial charge in [0.1, 0.15) is 0 Å². The Morgan fingerprint density at radius 2 is 2.06 bits per heavy atom. The van der Waals surface area contributed by atoms with E-state index in [1.54, 1.807) is 7.11 Å². The largest absolute Gasteiger partial charge is 0.409 e. The highest BCUT2D eigenvalue weighted by atomic mass is 16.5. The molecule has 16 heavy (non-hydrogen) atoms. The molecule has 0 spiro atoms. The highest BCUT2D eigenvalue weighted by Gasteiger charge is 2.18. The lowest BCUT2D eigenvalue weighted by Gasteiger charge is -2.27. The predicted molar refractivity (Wildman–Crippen MR) is 65.8 cm³/mol. The van der Waals surface area contributed by atoms with Crippen molar-refractivity contribution in [3.63, 3.8) is 0 Å². The highest BCUT2D eigenvalue weighted by Crippen LogP contribution is 2.13. The van der Waals surface area contributed by atoms with Crippen molar-refractivity contribution in [3.8, 4) is 0 Å². The molecule has 0 aromatic heterocycles. The zero-order chi connectivity index (χ0) is 12.6. The summed E-state index contributed by atoms with van der Waals surface area (Å²) in [6.45, 7) is 8.55. The number of hydrogen-bond acceptors (Lipinski definition) is 4. The Hall–Kier alpha value is -0.810. The zero-order valence-corrected chi connectivity index (χ0v) is 10.9. The van der Waals surface area contributed by atoms with Crippen LogP contribution < -0.4 is 5.73 Å². The Kier molecular flexibility index (Phi) is 7.08. The maximum atomic E-state index is 8.54. The fourth-order valence-electron chi connectivity index (χ4n) is 1.38. The molecule has 0 radical (unpaired) electrons. The molecule has 0 heterocycles. The molecule has 0 fully saturated rings. The van der Waals surface area contributed by atoms with E-state index in [1.165, 1.54) is 0 Å². The summed E-state index contributed by atoms with van der Waals surface area (Å²) in [5.41, 5.74) is 5.38. The van der Waals surface area contributed by atoms with Gasteiger partial charge in [-0.25, -0.2) is 0 Å². The number of nitrogens with zero attached hydrogens (tertiary/aromatic N) is 2. The molecule has 0 bridgehead atoms. The summed E-state index contributed by atoms with van der Waals surface area (Å²) in [6, 6.07) is 0. The fraction of sp³-hybridized carbons (Fsp3) is 0.909. The van der Waals surface area contributed by atoms with Gasteiger partial charge in [0.2, 0.25) is 0 Å². The molecule has 3 N–H and O–H groups in total. The van der Waals surface area contributed by atoms with Gasteiger partial charge < -0.3 is 15.7 Å². The first-order chi connectivity index (χ1) is 7.45. The van der Waals surface area contributed by atoms with Crippen molar-refractivity contribution in [2.75, 3.05) is 26.7 Å². The average Bonchev–Trinajstić information content (AvgIpc) is 2.26. The lowest BCUT2D eigenvalue weighted by atomic mass is 10.0. The molecule has 0 saturated carbocycles. The van der Waals surface area contributed by atoms with E-state index in [9.17, 15) is 0 Å². The number of methoxy groups -OCH3 is 1. The smallest absolute Gasteiger partial charge is 0.153 e. The van der Waals surface area contributed by atoms with E-state index in [0.717, 1.165) is 25.9 Å². The number of hydrogen-bond donors (Lipinski definition) is 2. The number of amidine groups is 1. The van der Waals surface area contributed by atoms with E-state index in [0.29, 0.717) is 6.54 Å². The van der Waals surface area contributed by atoms with Crippen LogP contribution in [-0.4, -0.2) is 48.3 Å². The number of ether oxygens (including phenoxy) is 1. The summed E-state index contributed by atoms with van der Waals surface area (Å²) < 4.78 is 5.36. The van der Waals surface area contributed by atoms with Crippen LogP contribution in [0.2, 0.25) is 0 Å². The molecule has 0 amide bonds. The van der Waals surface area contributed by atoms with Crippen LogP contribution in [0.15, 0.2) is 5.16 Å². The Morgan fingerprint density at radius 1 is 1.44 bits per heavy atom. The quantitative estimate of drug-likeness (QED) is 0.285. The molecule has 5 nitrogen and oxygen atoms in total. The maximum Gasteiger partial charge on any atom is 0.153 e. The van der Waals surface area contributed by atoms with Crippen LogP contribution in [0.1, 0.15) is 33.6 Å². The lowest BCUT2D eigenvalue weighted by Crippen LogP contribution is -2.38. The van der Waals surface area contributed by atoms with Gasteiger partial charge in [-0.1, -0.05) is 12.1 Å². The van der Waals surface area contributed by atoms with E-state index in [4.69, 9.17) is 15.7 Å². The highest BCUT2D eigenvalue weighted by molar-refractivity contribution is 5.81. The summed E-state index contributed by atoms with van der Waals surface area (Å²) in [6.07, 6.45) is 1.97. The minimum Gasteiger partial charge on any atom is -0.409 e. The fourth-order valence-corrected chi connectivity index (χ4v) is 1.38. The van der Waals surface area contributed by atoms with Gasteiger partial charge >= 0.3 is 0 Å². The van der Waals surface area contributed by atoms with Crippen LogP contribution in [0.5, 0.6) is 0 Å². The molecule has 0 aliphatic heterocycles. The molecular formula is C11H25N3O2. The molecule has 0 aliphatic carbocycles. The van der Waals surface area contributed by atoms with Gasteiger partial charge in [-0.3, -0.25) is 4.90 Å². The van der Waals surface area contributed by atoms with Gasteiger partial charge in [-0.2, -0.15) is 0 Å². The number of rotatable bonds is 8. The van der Waals surface area contributed by atoms with Crippen molar-refractivity contribution >= 4 is 5.84 Å². The molecule has 0 aromatic rings. The van der Waals surface area contributed by atoms with Gasteiger partial charge in [0.15, 0.2) is 5.84 Å². The van der Waals surface area contributed by atoms with Crippen LogP contribution in [0, 0.1) is 0 Å². The van der Waals surface area contributed by atoms with Gasteiger partial charge in [0, 0.05) is 13.7 Å². The molecule has 96 valence electrons. The number of oxime groups is 1. The van der Waals surface area contributed by atoms with Crippen LogP contribution in [0.4, 0.5) is 0 Å². The first kappa shape index (κ1) is 15.2. The van der Waals surface area contributed by atoms with E-state index in [-0.39, 0.29) is 11.4 Å². The second-order valence-electron chi connectivity index (χ2n) is 4.58. The van der Waals surface area contributed by atoms with E-state index in [2.05, 4.69) is 30.8 Å². The Bertz CT molecular complexity index is 217. The topological polar surface area (TPSA) is 71.1 Å². The third-order valence-electron chi connectivity index (χ3n) is 2.64. The molecule has 0 aliphatic rings. The second kappa shape index (κ2) is 7.46. The van der Waals surface area contributed by atoms with Gasteiger partial charge in [0.25, 0.3) is 0 Å². The van der Waals surface area contributed by atoms with E-state index < -0.39 is 0 Å². The molecule has 5 heteroatoms.